The molecule has 0 amide bonds. The van der Waals surface area contributed by atoms with E-state index >= 15 is 0 Å². The molecule has 1 N–H and O–H groups in total. The Morgan fingerprint density at radius 3 is 1.92 bits per heavy atom. The Bertz CT molecular complexity index is 2830. The maximum atomic E-state index is 6.76. The molecule has 1 aliphatic heterocycles. The first kappa shape index (κ1) is 29.2. The molecule has 0 bridgehead atoms. The van der Waals surface area contributed by atoms with E-state index in [9.17, 15) is 0 Å². The van der Waals surface area contributed by atoms with Gasteiger partial charge in [0.05, 0.1) is 0 Å². The molecule has 9 aromatic rings. The van der Waals surface area contributed by atoms with Crippen LogP contribution < -0.4 is 5.32 Å². The summed E-state index contributed by atoms with van der Waals surface area (Å²) in [6.07, 6.45) is -0.457. The summed E-state index contributed by atoms with van der Waals surface area (Å²) in [5.74, 6) is 1.54. The standard InChI is InChI=1S/C47H31N3O/c1-3-12-30(13-4-1)36-24-25-40-42(29-36)51-44-39-21-10-9-18-37(39)28-41(43(40)44)47-49-45(32-15-5-2-6-16-32)48-46(50-47)38-20-11-19-34(27-38)35-23-22-31-14-7-8-17-33(31)26-35/h1-29,46H,(H,48,49,50). The van der Waals surface area contributed by atoms with Gasteiger partial charge in [-0.25, -0.2) is 9.98 Å². The third-order valence-electron chi connectivity index (χ3n) is 9.88. The predicted molar refractivity (Wildman–Crippen MR) is 211 cm³/mol. The van der Waals surface area contributed by atoms with Crippen LogP contribution >= 0.6 is 0 Å². The molecule has 0 radical (unpaired) electrons. The van der Waals surface area contributed by atoms with Crippen LogP contribution in [-0.4, -0.2) is 11.7 Å². The van der Waals surface area contributed by atoms with Crippen LogP contribution in [0.25, 0.3) is 65.7 Å². The van der Waals surface area contributed by atoms with Crippen LogP contribution in [0, 0.1) is 0 Å². The van der Waals surface area contributed by atoms with Crippen LogP contribution in [0.3, 0.4) is 0 Å². The van der Waals surface area contributed by atoms with Crippen LogP contribution in [0.1, 0.15) is 22.9 Å². The summed E-state index contributed by atoms with van der Waals surface area (Å²) in [4.78, 5) is 10.6. The number of nitrogens with zero attached hydrogens (tertiary/aromatic N) is 2. The Morgan fingerprint density at radius 1 is 0.431 bits per heavy atom. The molecule has 0 fully saturated rings. The van der Waals surface area contributed by atoms with Crippen molar-refractivity contribution in [2.75, 3.05) is 0 Å². The summed E-state index contributed by atoms with van der Waals surface area (Å²) in [6.45, 7) is 0. The second kappa shape index (κ2) is 12.0. The monoisotopic (exact) mass is 653 g/mol. The van der Waals surface area contributed by atoms with Crippen molar-refractivity contribution in [3.63, 3.8) is 0 Å². The molecule has 0 saturated heterocycles. The molecule has 1 aromatic heterocycles. The first-order valence-corrected chi connectivity index (χ1v) is 17.3. The molecule has 0 saturated carbocycles. The number of hydrogen-bond donors (Lipinski definition) is 1. The quantitative estimate of drug-likeness (QED) is 0.201. The highest BCUT2D eigenvalue weighted by molar-refractivity contribution is 6.27. The molecule has 240 valence electrons. The average molecular weight is 654 g/mol. The lowest BCUT2D eigenvalue weighted by molar-refractivity contribution is 0.673. The molecular weight excluding hydrogens is 623 g/mol. The number of benzene rings is 8. The van der Waals surface area contributed by atoms with E-state index in [1.807, 2.05) is 24.3 Å². The van der Waals surface area contributed by atoms with Crippen LogP contribution in [0.5, 0.6) is 0 Å². The third kappa shape index (κ3) is 5.17. The fourth-order valence-corrected chi connectivity index (χ4v) is 7.33. The van der Waals surface area contributed by atoms with Crippen molar-refractivity contribution in [1.82, 2.24) is 5.32 Å². The van der Waals surface area contributed by atoms with Gasteiger partial charge in [-0.15, -0.1) is 0 Å². The van der Waals surface area contributed by atoms with Gasteiger partial charge in [-0.05, 0) is 74.3 Å². The SMILES string of the molecule is c1ccc(C2=NC(c3cccc(-c4ccc5ccccc5c4)c3)N=C(c3cc4ccccc4c4oc5cc(-c6ccccc6)ccc5c34)N2)cc1. The molecule has 0 spiro atoms. The molecule has 0 aliphatic carbocycles. The predicted octanol–water partition coefficient (Wildman–Crippen LogP) is 11.7. The number of nitrogens with one attached hydrogen (secondary N) is 1. The highest BCUT2D eigenvalue weighted by Crippen LogP contribution is 2.39. The Morgan fingerprint density at radius 2 is 1.08 bits per heavy atom. The lowest BCUT2D eigenvalue weighted by atomic mass is 9.97. The summed E-state index contributed by atoms with van der Waals surface area (Å²) in [5.41, 5.74) is 9.27. The zero-order valence-electron chi connectivity index (χ0n) is 27.6. The summed E-state index contributed by atoms with van der Waals surface area (Å²) in [7, 11) is 0. The molecule has 1 aliphatic rings. The number of aliphatic imine (C=N–C) groups is 2. The smallest absolute Gasteiger partial charge is 0.169 e. The first-order chi connectivity index (χ1) is 25.2. The summed E-state index contributed by atoms with van der Waals surface area (Å²) < 4.78 is 6.76. The Kier molecular flexibility index (Phi) is 6.85. The van der Waals surface area contributed by atoms with E-state index in [0.29, 0.717) is 0 Å². The fourth-order valence-electron chi connectivity index (χ4n) is 7.33. The maximum Gasteiger partial charge on any atom is 0.169 e. The summed E-state index contributed by atoms with van der Waals surface area (Å²) in [6, 6.07) is 61.6. The van der Waals surface area contributed by atoms with Crippen LogP contribution in [0.2, 0.25) is 0 Å². The highest BCUT2D eigenvalue weighted by Gasteiger charge is 2.25. The normalized spacial score (nSPS) is 14.5. The number of furan rings is 1. The van der Waals surface area contributed by atoms with Crippen LogP contribution in [-0.2, 0) is 0 Å². The van der Waals surface area contributed by atoms with E-state index < -0.39 is 6.17 Å². The Labute approximate surface area is 295 Å². The minimum absolute atomic E-state index is 0.457. The average Bonchev–Trinajstić information content (AvgIpc) is 3.60. The lowest BCUT2D eigenvalue weighted by Crippen LogP contribution is -2.36. The van der Waals surface area contributed by atoms with Crippen molar-refractivity contribution < 1.29 is 4.42 Å². The summed E-state index contributed by atoms with van der Waals surface area (Å²) in [5, 5.41) is 10.3. The third-order valence-corrected chi connectivity index (χ3v) is 9.88. The van der Waals surface area contributed by atoms with Crippen LogP contribution in [0.15, 0.2) is 190 Å². The van der Waals surface area contributed by atoms with Crippen molar-refractivity contribution in [3.05, 3.63) is 193 Å². The lowest BCUT2D eigenvalue weighted by Gasteiger charge is -2.23. The zero-order valence-corrected chi connectivity index (χ0v) is 27.6. The van der Waals surface area contributed by atoms with Gasteiger partial charge >= 0.3 is 0 Å². The largest absolute Gasteiger partial charge is 0.455 e. The molecule has 8 aromatic carbocycles. The number of fused-ring (bicyclic) bond motifs is 6. The zero-order chi connectivity index (χ0) is 33.7. The minimum Gasteiger partial charge on any atom is -0.455 e. The van der Waals surface area contributed by atoms with Gasteiger partial charge in [-0.3, -0.25) is 0 Å². The van der Waals surface area contributed by atoms with E-state index in [1.165, 1.54) is 10.8 Å². The van der Waals surface area contributed by atoms with E-state index in [0.717, 1.165) is 83.3 Å². The van der Waals surface area contributed by atoms with Gasteiger partial charge in [0.25, 0.3) is 0 Å². The van der Waals surface area contributed by atoms with Gasteiger partial charge in [-0.2, -0.15) is 0 Å². The molecule has 1 atom stereocenters. The van der Waals surface area contributed by atoms with Crippen molar-refractivity contribution in [3.8, 4) is 22.3 Å². The van der Waals surface area contributed by atoms with Crippen molar-refractivity contribution in [2.24, 2.45) is 9.98 Å². The van der Waals surface area contributed by atoms with Gasteiger partial charge in [0.2, 0.25) is 0 Å². The van der Waals surface area contributed by atoms with E-state index in [2.05, 4.69) is 157 Å². The van der Waals surface area contributed by atoms with Gasteiger partial charge < -0.3 is 9.73 Å². The van der Waals surface area contributed by atoms with Crippen molar-refractivity contribution >= 4 is 55.2 Å². The summed E-state index contributed by atoms with van der Waals surface area (Å²) >= 11 is 0. The second-order valence-electron chi connectivity index (χ2n) is 13.0. The van der Waals surface area contributed by atoms with Gasteiger partial charge in [0.15, 0.2) is 6.17 Å². The molecule has 4 heteroatoms. The van der Waals surface area contributed by atoms with E-state index in [4.69, 9.17) is 14.4 Å². The number of hydrogen-bond acceptors (Lipinski definition) is 4. The molecule has 2 heterocycles. The molecule has 10 rings (SSSR count). The molecule has 51 heavy (non-hydrogen) atoms. The van der Waals surface area contributed by atoms with Crippen molar-refractivity contribution in [2.45, 2.75) is 6.17 Å². The van der Waals surface area contributed by atoms with Gasteiger partial charge in [0.1, 0.15) is 22.8 Å². The van der Waals surface area contributed by atoms with E-state index in [1.54, 1.807) is 0 Å². The molecule has 4 nitrogen and oxygen atoms in total. The second-order valence-corrected chi connectivity index (χ2v) is 13.0. The molecule has 1 unspecified atom stereocenters. The van der Waals surface area contributed by atoms with Gasteiger partial charge in [0, 0.05) is 27.3 Å². The van der Waals surface area contributed by atoms with E-state index in [-0.39, 0.29) is 0 Å². The Hall–Kier alpha value is -6.78. The van der Waals surface area contributed by atoms with Crippen molar-refractivity contribution in [1.29, 1.82) is 0 Å². The maximum absolute atomic E-state index is 6.76. The van der Waals surface area contributed by atoms with Crippen LogP contribution in [0.4, 0.5) is 0 Å². The topological polar surface area (TPSA) is 49.9 Å². The number of amidine groups is 2. The van der Waals surface area contributed by atoms with Gasteiger partial charge in [-0.1, -0.05) is 146 Å². The first-order valence-electron chi connectivity index (χ1n) is 17.3. The molecular formula is C47H31N3O. The highest BCUT2D eigenvalue weighted by atomic mass is 16.3. The Balaban J connectivity index is 1.16. The fraction of sp³-hybridized carbons (Fsp3) is 0.0213. The number of rotatable bonds is 5. The minimum atomic E-state index is -0.457.